The van der Waals surface area contributed by atoms with Crippen molar-refractivity contribution in [3.63, 3.8) is 0 Å². The van der Waals surface area contributed by atoms with E-state index < -0.39 is 0 Å². The Morgan fingerprint density at radius 3 is 2.45 bits per heavy atom. The number of hydrogen-bond acceptors (Lipinski definition) is 3. The van der Waals surface area contributed by atoms with E-state index in [4.69, 9.17) is 11.0 Å². The summed E-state index contributed by atoms with van der Waals surface area (Å²) in [6.45, 7) is 8.94. The van der Waals surface area contributed by atoms with Crippen LogP contribution < -0.4 is 5.73 Å². The molecule has 0 saturated carbocycles. The minimum absolute atomic E-state index is 0.171. The van der Waals surface area contributed by atoms with Gasteiger partial charge in [-0.25, -0.2) is 0 Å². The molecule has 0 spiro atoms. The molecule has 1 heterocycles. The van der Waals surface area contributed by atoms with Gasteiger partial charge in [-0.05, 0) is 28.9 Å². The van der Waals surface area contributed by atoms with Gasteiger partial charge in [0.05, 0.1) is 12.6 Å². The van der Waals surface area contributed by atoms with Crippen LogP contribution in [0.5, 0.6) is 0 Å². The van der Waals surface area contributed by atoms with Crippen molar-refractivity contribution in [3.05, 3.63) is 35.4 Å². The SMILES string of the molecule is CC(C)(C)c1ccc(C2CC(N)CN(CC#N)C2)cc1. The molecule has 0 amide bonds. The highest BCUT2D eigenvalue weighted by molar-refractivity contribution is 5.30. The van der Waals surface area contributed by atoms with Crippen molar-refractivity contribution >= 4 is 0 Å². The topological polar surface area (TPSA) is 53.0 Å². The Morgan fingerprint density at radius 2 is 1.90 bits per heavy atom. The van der Waals surface area contributed by atoms with Crippen LogP contribution in [0.25, 0.3) is 0 Å². The molecule has 2 atom stereocenters. The van der Waals surface area contributed by atoms with Crippen molar-refractivity contribution in [3.8, 4) is 6.07 Å². The van der Waals surface area contributed by atoms with Crippen LogP contribution in [0.2, 0.25) is 0 Å². The number of piperidine rings is 1. The lowest BCUT2D eigenvalue weighted by Crippen LogP contribution is -2.46. The van der Waals surface area contributed by atoms with E-state index in [-0.39, 0.29) is 11.5 Å². The van der Waals surface area contributed by atoms with Crippen LogP contribution in [0.1, 0.15) is 44.2 Å². The monoisotopic (exact) mass is 271 g/mol. The first-order valence-electron chi connectivity index (χ1n) is 7.35. The fourth-order valence-electron chi connectivity index (χ4n) is 2.96. The Labute approximate surface area is 122 Å². The quantitative estimate of drug-likeness (QED) is 0.841. The van der Waals surface area contributed by atoms with Crippen molar-refractivity contribution in [2.45, 2.75) is 44.6 Å². The summed E-state index contributed by atoms with van der Waals surface area (Å²) in [5.41, 5.74) is 9.02. The molecule has 1 fully saturated rings. The molecule has 0 bridgehead atoms. The van der Waals surface area contributed by atoms with E-state index in [1.807, 2.05) is 0 Å². The predicted molar refractivity (Wildman–Crippen MR) is 82.5 cm³/mol. The van der Waals surface area contributed by atoms with Gasteiger partial charge >= 0.3 is 0 Å². The number of nitrogens with two attached hydrogens (primary N) is 1. The van der Waals surface area contributed by atoms with Crippen molar-refractivity contribution in [2.75, 3.05) is 19.6 Å². The van der Waals surface area contributed by atoms with E-state index >= 15 is 0 Å². The molecule has 3 heteroatoms. The smallest absolute Gasteiger partial charge is 0.0866 e. The second-order valence-electron chi connectivity index (χ2n) is 6.92. The van der Waals surface area contributed by atoms with Crippen LogP contribution in [-0.4, -0.2) is 30.6 Å². The van der Waals surface area contributed by atoms with Gasteiger partial charge in [0.15, 0.2) is 0 Å². The number of nitriles is 1. The fraction of sp³-hybridized carbons (Fsp3) is 0.588. The third kappa shape index (κ3) is 3.59. The van der Waals surface area contributed by atoms with Gasteiger partial charge < -0.3 is 5.73 Å². The van der Waals surface area contributed by atoms with E-state index in [1.54, 1.807) is 0 Å². The second kappa shape index (κ2) is 5.95. The lowest BCUT2D eigenvalue weighted by atomic mass is 9.83. The molecule has 2 N–H and O–H groups in total. The van der Waals surface area contributed by atoms with Crippen LogP contribution in [0.4, 0.5) is 0 Å². The molecule has 1 aromatic rings. The van der Waals surface area contributed by atoms with E-state index in [0.29, 0.717) is 12.5 Å². The zero-order chi connectivity index (χ0) is 14.8. The highest BCUT2D eigenvalue weighted by Crippen LogP contribution is 2.29. The first kappa shape index (κ1) is 15.0. The number of benzene rings is 1. The Hall–Kier alpha value is -1.37. The molecule has 0 aromatic heterocycles. The average molecular weight is 271 g/mol. The summed E-state index contributed by atoms with van der Waals surface area (Å²) in [4.78, 5) is 2.16. The molecular weight excluding hydrogens is 246 g/mol. The largest absolute Gasteiger partial charge is 0.327 e. The molecule has 108 valence electrons. The van der Waals surface area contributed by atoms with Gasteiger partial charge in [0.2, 0.25) is 0 Å². The van der Waals surface area contributed by atoms with Gasteiger partial charge in [-0.1, -0.05) is 45.0 Å². The first-order chi connectivity index (χ1) is 9.40. The fourth-order valence-corrected chi connectivity index (χ4v) is 2.96. The highest BCUT2D eigenvalue weighted by atomic mass is 15.1. The van der Waals surface area contributed by atoms with Gasteiger partial charge in [0.25, 0.3) is 0 Å². The second-order valence-corrected chi connectivity index (χ2v) is 6.92. The van der Waals surface area contributed by atoms with Crippen LogP contribution in [0.3, 0.4) is 0 Å². The summed E-state index contributed by atoms with van der Waals surface area (Å²) < 4.78 is 0. The van der Waals surface area contributed by atoms with Crippen LogP contribution in [0.15, 0.2) is 24.3 Å². The minimum atomic E-state index is 0.171. The maximum Gasteiger partial charge on any atom is 0.0866 e. The molecule has 1 saturated heterocycles. The first-order valence-corrected chi connectivity index (χ1v) is 7.35. The zero-order valence-electron chi connectivity index (χ0n) is 12.8. The predicted octanol–water partition coefficient (Wildman–Crippen LogP) is 2.62. The Kier molecular flexibility index (Phi) is 4.47. The average Bonchev–Trinajstić information content (AvgIpc) is 2.37. The van der Waals surface area contributed by atoms with Crippen molar-refractivity contribution < 1.29 is 0 Å². The van der Waals surface area contributed by atoms with Crippen LogP contribution >= 0.6 is 0 Å². The molecular formula is C17H25N3. The van der Waals surface area contributed by atoms with Gasteiger partial charge in [-0.3, -0.25) is 4.90 Å². The van der Waals surface area contributed by atoms with Crippen LogP contribution in [0, 0.1) is 11.3 Å². The summed E-state index contributed by atoms with van der Waals surface area (Å²) in [5.74, 6) is 0.445. The summed E-state index contributed by atoms with van der Waals surface area (Å²) in [5, 5.41) is 8.86. The van der Waals surface area contributed by atoms with E-state index in [0.717, 1.165) is 19.5 Å². The Morgan fingerprint density at radius 1 is 1.25 bits per heavy atom. The lowest BCUT2D eigenvalue weighted by molar-refractivity contribution is 0.208. The number of nitrogens with zero attached hydrogens (tertiary/aromatic N) is 2. The van der Waals surface area contributed by atoms with Crippen molar-refractivity contribution in [2.24, 2.45) is 5.73 Å². The summed E-state index contributed by atoms with van der Waals surface area (Å²) in [7, 11) is 0. The standard InChI is InChI=1S/C17H25N3/c1-17(2,3)15-6-4-13(5-7-15)14-10-16(19)12-20(11-14)9-8-18/h4-7,14,16H,9-12,19H2,1-3H3. The van der Waals surface area contributed by atoms with Crippen molar-refractivity contribution in [1.29, 1.82) is 5.26 Å². The third-order valence-electron chi connectivity index (χ3n) is 4.10. The van der Waals surface area contributed by atoms with Gasteiger partial charge in [0, 0.05) is 19.1 Å². The highest BCUT2D eigenvalue weighted by Gasteiger charge is 2.26. The number of likely N-dealkylation sites (tertiary alicyclic amines) is 1. The summed E-state index contributed by atoms with van der Waals surface area (Å²) in [6.07, 6.45) is 1.01. The zero-order valence-corrected chi connectivity index (χ0v) is 12.8. The molecule has 3 nitrogen and oxygen atoms in total. The molecule has 0 radical (unpaired) electrons. The molecule has 2 unspecified atom stereocenters. The normalized spacial score (nSPS) is 24.4. The van der Waals surface area contributed by atoms with Gasteiger partial charge in [-0.2, -0.15) is 5.26 Å². The van der Waals surface area contributed by atoms with E-state index in [9.17, 15) is 0 Å². The number of hydrogen-bond donors (Lipinski definition) is 1. The van der Waals surface area contributed by atoms with Gasteiger partial charge in [0.1, 0.15) is 0 Å². The minimum Gasteiger partial charge on any atom is -0.327 e. The summed E-state index contributed by atoms with van der Waals surface area (Å²) >= 11 is 0. The number of rotatable bonds is 2. The molecule has 0 aliphatic carbocycles. The maximum atomic E-state index is 8.86. The molecule has 1 aliphatic heterocycles. The van der Waals surface area contributed by atoms with E-state index in [2.05, 4.69) is 56.0 Å². The Balaban J connectivity index is 2.12. The molecule has 1 aliphatic rings. The van der Waals surface area contributed by atoms with E-state index in [1.165, 1.54) is 11.1 Å². The molecule has 2 rings (SSSR count). The summed E-state index contributed by atoms with van der Waals surface area (Å²) in [6, 6.07) is 11.3. The Bertz CT molecular complexity index is 478. The van der Waals surface area contributed by atoms with Crippen molar-refractivity contribution in [1.82, 2.24) is 4.90 Å². The maximum absolute atomic E-state index is 8.86. The molecule has 20 heavy (non-hydrogen) atoms. The molecule has 1 aromatic carbocycles. The third-order valence-corrected chi connectivity index (χ3v) is 4.10. The lowest BCUT2D eigenvalue weighted by Gasteiger charge is -2.35. The van der Waals surface area contributed by atoms with Gasteiger partial charge in [-0.15, -0.1) is 0 Å². The van der Waals surface area contributed by atoms with Crippen LogP contribution in [-0.2, 0) is 5.41 Å².